The van der Waals surface area contributed by atoms with Crippen molar-refractivity contribution in [3.8, 4) is 0 Å². The molecule has 1 amide bonds. The Labute approximate surface area is 137 Å². The topological polar surface area (TPSA) is 81.1 Å². The van der Waals surface area contributed by atoms with Crippen LogP contribution in [0.5, 0.6) is 0 Å². The Balaban J connectivity index is 1.62. The molecule has 1 N–H and O–H groups in total. The van der Waals surface area contributed by atoms with E-state index in [-0.39, 0.29) is 23.5 Å². The van der Waals surface area contributed by atoms with Crippen molar-refractivity contribution >= 4 is 21.6 Å². The molecule has 7 heteroatoms. The predicted octanol–water partition coefficient (Wildman–Crippen LogP) is 2.46. The summed E-state index contributed by atoms with van der Waals surface area (Å²) in [5.41, 5.74) is 0.792. The van der Waals surface area contributed by atoms with E-state index in [1.165, 1.54) is 25.7 Å². The third-order valence-corrected chi connectivity index (χ3v) is 6.68. The minimum Gasteiger partial charge on any atom is -0.311 e. The van der Waals surface area contributed by atoms with Crippen LogP contribution >= 0.6 is 0 Å². The van der Waals surface area contributed by atoms with Crippen LogP contribution < -0.4 is 5.32 Å². The number of carbonyl (C=O) groups is 1. The lowest BCUT2D eigenvalue weighted by Gasteiger charge is -2.14. The summed E-state index contributed by atoms with van der Waals surface area (Å²) in [6, 6.07) is 1.65. The molecule has 23 heavy (non-hydrogen) atoms. The number of hydrogen-bond acceptors (Lipinski definition) is 4. The number of aryl methyl sites for hydroxylation is 1. The number of hydrogen-bond donors (Lipinski definition) is 1. The summed E-state index contributed by atoms with van der Waals surface area (Å²) in [7, 11) is -2.97. The maximum absolute atomic E-state index is 12.2. The average Bonchev–Trinajstić information content (AvgIpc) is 3.17. The molecular formula is C16H25N3O3S. The van der Waals surface area contributed by atoms with Crippen LogP contribution in [0.1, 0.15) is 56.7 Å². The molecular weight excluding hydrogens is 314 g/mol. The van der Waals surface area contributed by atoms with Gasteiger partial charge in [0.25, 0.3) is 0 Å². The van der Waals surface area contributed by atoms with E-state index >= 15 is 0 Å². The Bertz CT molecular complexity index is 675. The maximum Gasteiger partial charge on any atom is 0.225 e. The quantitative estimate of drug-likeness (QED) is 0.893. The van der Waals surface area contributed by atoms with Gasteiger partial charge < -0.3 is 5.32 Å². The minimum atomic E-state index is -2.97. The highest BCUT2D eigenvalue weighted by Crippen LogP contribution is 2.29. The number of sulfone groups is 1. The van der Waals surface area contributed by atoms with Crippen LogP contribution in [0.25, 0.3) is 0 Å². The van der Waals surface area contributed by atoms with Crippen molar-refractivity contribution in [1.82, 2.24) is 9.78 Å². The van der Waals surface area contributed by atoms with Gasteiger partial charge in [-0.25, -0.2) is 13.1 Å². The molecule has 2 aliphatic rings. The molecule has 1 aliphatic carbocycles. The molecule has 1 saturated heterocycles. The highest BCUT2D eigenvalue weighted by molar-refractivity contribution is 7.91. The summed E-state index contributed by atoms with van der Waals surface area (Å²) < 4.78 is 25.0. The average molecular weight is 339 g/mol. The number of anilines is 1. The van der Waals surface area contributed by atoms with E-state index in [9.17, 15) is 13.2 Å². The van der Waals surface area contributed by atoms with Gasteiger partial charge in [0.2, 0.25) is 5.91 Å². The summed E-state index contributed by atoms with van der Waals surface area (Å²) in [6.45, 7) is 1.86. The van der Waals surface area contributed by atoms with Gasteiger partial charge in [0, 0.05) is 12.5 Å². The molecule has 2 heterocycles. The predicted molar refractivity (Wildman–Crippen MR) is 89.1 cm³/mol. The molecule has 1 atom stereocenters. The first-order valence-corrected chi connectivity index (χ1v) is 10.3. The van der Waals surface area contributed by atoms with Crippen molar-refractivity contribution in [2.75, 3.05) is 16.8 Å². The first-order valence-electron chi connectivity index (χ1n) is 8.49. The third kappa shape index (κ3) is 4.13. The van der Waals surface area contributed by atoms with Gasteiger partial charge in [-0.2, -0.15) is 5.10 Å². The van der Waals surface area contributed by atoms with Crippen LogP contribution in [0.15, 0.2) is 6.07 Å². The summed E-state index contributed by atoms with van der Waals surface area (Å²) in [6.07, 6.45) is 7.08. The monoisotopic (exact) mass is 339 g/mol. The standard InChI is InChI=1S/C16H25N3O3S/c1-12-10-15(17-16(20)7-6-13-4-2-3-5-13)19(18-12)14-8-9-23(21,22)11-14/h10,13-14H,2-9,11H2,1H3,(H,17,20). The SMILES string of the molecule is Cc1cc(NC(=O)CCC2CCCC2)n(C2CCS(=O)(=O)C2)n1. The Morgan fingerprint density at radius 2 is 2.09 bits per heavy atom. The summed E-state index contributed by atoms with van der Waals surface area (Å²) in [5.74, 6) is 1.62. The van der Waals surface area contributed by atoms with Crippen LogP contribution in [0.4, 0.5) is 5.82 Å². The first-order chi connectivity index (χ1) is 10.9. The zero-order valence-corrected chi connectivity index (χ0v) is 14.4. The Morgan fingerprint density at radius 1 is 1.35 bits per heavy atom. The zero-order valence-electron chi connectivity index (χ0n) is 13.6. The van der Waals surface area contributed by atoms with Gasteiger partial charge in [0.1, 0.15) is 5.82 Å². The lowest BCUT2D eigenvalue weighted by atomic mass is 10.0. The second-order valence-electron chi connectivity index (χ2n) is 6.91. The number of rotatable bonds is 5. The van der Waals surface area contributed by atoms with Crippen molar-refractivity contribution in [2.45, 2.75) is 57.9 Å². The number of aromatic nitrogens is 2. The lowest BCUT2D eigenvalue weighted by Crippen LogP contribution is -2.19. The van der Waals surface area contributed by atoms with E-state index in [2.05, 4.69) is 10.4 Å². The normalized spacial score (nSPS) is 24.1. The van der Waals surface area contributed by atoms with E-state index in [1.807, 2.05) is 13.0 Å². The van der Waals surface area contributed by atoms with Crippen molar-refractivity contribution in [1.29, 1.82) is 0 Å². The van der Waals surface area contributed by atoms with Gasteiger partial charge in [-0.15, -0.1) is 0 Å². The Hall–Kier alpha value is -1.37. The van der Waals surface area contributed by atoms with E-state index in [4.69, 9.17) is 0 Å². The van der Waals surface area contributed by atoms with Crippen LogP contribution in [-0.4, -0.2) is 35.6 Å². The summed E-state index contributed by atoms with van der Waals surface area (Å²) in [5, 5.41) is 7.31. The highest BCUT2D eigenvalue weighted by atomic mass is 32.2. The van der Waals surface area contributed by atoms with Crippen LogP contribution in [0.2, 0.25) is 0 Å². The smallest absolute Gasteiger partial charge is 0.225 e. The maximum atomic E-state index is 12.2. The van der Waals surface area contributed by atoms with Crippen LogP contribution in [-0.2, 0) is 14.6 Å². The molecule has 0 aromatic carbocycles. The fourth-order valence-corrected chi connectivity index (χ4v) is 5.39. The first kappa shape index (κ1) is 16.5. The van der Waals surface area contributed by atoms with Crippen LogP contribution in [0.3, 0.4) is 0 Å². The fraction of sp³-hybridized carbons (Fsp3) is 0.750. The summed E-state index contributed by atoms with van der Waals surface area (Å²) >= 11 is 0. The van der Waals surface area contributed by atoms with Crippen molar-refractivity contribution in [3.63, 3.8) is 0 Å². The van der Waals surface area contributed by atoms with Gasteiger partial charge in [-0.05, 0) is 25.7 Å². The molecule has 0 spiro atoms. The van der Waals surface area contributed by atoms with E-state index in [0.29, 0.717) is 24.6 Å². The molecule has 1 saturated carbocycles. The van der Waals surface area contributed by atoms with Gasteiger partial charge in [-0.3, -0.25) is 4.79 Å². The van der Waals surface area contributed by atoms with Gasteiger partial charge in [0.05, 0.1) is 23.2 Å². The zero-order chi connectivity index (χ0) is 16.4. The Kier molecular flexibility index (Phi) is 4.75. The van der Waals surface area contributed by atoms with Crippen molar-refractivity contribution < 1.29 is 13.2 Å². The molecule has 1 unspecified atom stereocenters. The van der Waals surface area contributed by atoms with Crippen molar-refractivity contribution in [2.24, 2.45) is 5.92 Å². The fourth-order valence-electron chi connectivity index (χ4n) is 3.70. The van der Waals surface area contributed by atoms with Crippen molar-refractivity contribution in [3.05, 3.63) is 11.8 Å². The van der Waals surface area contributed by atoms with E-state index < -0.39 is 9.84 Å². The second-order valence-corrected chi connectivity index (χ2v) is 9.14. The lowest BCUT2D eigenvalue weighted by molar-refractivity contribution is -0.116. The third-order valence-electron chi connectivity index (χ3n) is 4.93. The minimum absolute atomic E-state index is 0.00101. The second kappa shape index (κ2) is 6.63. The number of nitrogens with one attached hydrogen (secondary N) is 1. The van der Waals surface area contributed by atoms with Gasteiger partial charge in [0.15, 0.2) is 9.84 Å². The number of nitrogens with zero attached hydrogens (tertiary/aromatic N) is 2. The largest absolute Gasteiger partial charge is 0.311 e. The molecule has 0 bridgehead atoms. The Morgan fingerprint density at radius 3 is 2.74 bits per heavy atom. The number of amides is 1. The van der Waals surface area contributed by atoms with Gasteiger partial charge >= 0.3 is 0 Å². The molecule has 1 aromatic rings. The van der Waals surface area contributed by atoms with Crippen LogP contribution in [0, 0.1) is 12.8 Å². The summed E-state index contributed by atoms with van der Waals surface area (Å²) in [4.78, 5) is 12.2. The molecule has 6 nitrogen and oxygen atoms in total. The molecule has 1 aliphatic heterocycles. The number of carbonyl (C=O) groups excluding carboxylic acids is 1. The molecule has 2 fully saturated rings. The molecule has 0 radical (unpaired) electrons. The molecule has 1 aromatic heterocycles. The highest BCUT2D eigenvalue weighted by Gasteiger charge is 2.31. The molecule has 3 rings (SSSR count). The van der Waals surface area contributed by atoms with E-state index in [1.54, 1.807) is 4.68 Å². The molecule has 128 valence electrons. The van der Waals surface area contributed by atoms with Gasteiger partial charge in [-0.1, -0.05) is 25.7 Å². The van der Waals surface area contributed by atoms with E-state index in [0.717, 1.165) is 12.1 Å².